The second-order valence-electron chi connectivity index (χ2n) is 5.88. The van der Waals surface area contributed by atoms with E-state index in [2.05, 4.69) is 15.9 Å². The van der Waals surface area contributed by atoms with Gasteiger partial charge in [-0.2, -0.15) is 0 Å². The summed E-state index contributed by atoms with van der Waals surface area (Å²) in [6, 6.07) is 3.80. The molecule has 0 amide bonds. The van der Waals surface area contributed by atoms with Crippen LogP contribution in [0, 0.1) is 6.92 Å². The van der Waals surface area contributed by atoms with Gasteiger partial charge in [0.05, 0.1) is 17.8 Å². The molecule has 1 aliphatic carbocycles. The molecule has 108 valence electrons. The molecule has 0 radical (unpaired) electrons. The average Bonchev–Trinajstić information content (AvgIpc) is 2.40. The minimum atomic E-state index is 0.0630. The van der Waals surface area contributed by atoms with Crippen LogP contribution in [0.4, 0.5) is 0 Å². The predicted molar refractivity (Wildman–Crippen MR) is 80.5 cm³/mol. The molecule has 1 aromatic rings. The van der Waals surface area contributed by atoms with Crippen LogP contribution in [0.5, 0.6) is 5.75 Å². The Morgan fingerprint density at radius 2 is 2.25 bits per heavy atom. The number of halogens is 1. The Balaban J connectivity index is 1.79. The lowest BCUT2D eigenvalue weighted by atomic mass is 9.74. The van der Waals surface area contributed by atoms with Gasteiger partial charge in [0.15, 0.2) is 6.29 Å². The number of aldehydes is 1. The Morgan fingerprint density at radius 1 is 1.45 bits per heavy atom. The zero-order chi connectivity index (χ0) is 14.2. The predicted octanol–water partition coefficient (Wildman–Crippen LogP) is 4.05. The van der Waals surface area contributed by atoms with Crippen molar-refractivity contribution in [3.8, 4) is 5.75 Å². The minimum absolute atomic E-state index is 0.0630. The topological polar surface area (TPSA) is 35.5 Å². The zero-order valence-corrected chi connectivity index (χ0v) is 13.2. The molecule has 0 N–H and O–H groups in total. The zero-order valence-electron chi connectivity index (χ0n) is 11.7. The second-order valence-corrected chi connectivity index (χ2v) is 6.79. The molecule has 1 aliphatic heterocycles. The first-order valence-electron chi connectivity index (χ1n) is 7.18. The monoisotopic (exact) mass is 338 g/mol. The number of carbonyl (C=O) groups is 1. The molecule has 1 aromatic carbocycles. The number of carbonyl (C=O) groups excluding carboxylic acids is 1. The van der Waals surface area contributed by atoms with Crippen molar-refractivity contribution in [2.24, 2.45) is 0 Å². The van der Waals surface area contributed by atoms with Gasteiger partial charge in [0.25, 0.3) is 0 Å². The summed E-state index contributed by atoms with van der Waals surface area (Å²) in [6.07, 6.45) is 6.41. The molecule has 1 heterocycles. The van der Waals surface area contributed by atoms with E-state index in [0.717, 1.165) is 54.4 Å². The highest BCUT2D eigenvalue weighted by Gasteiger charge is 2.43. The summed E-state index contributed by atoms with van der Waals surface area (Å²) in [5.41, 5.74) is 1.68. The molecular weight excluding hydrogens is 320 g/mol. The van der Waals surface area contributed by atoms with Gasteiger partial charge in [-0.1, -0.05) is 15.9 Å². The van der Waals surface area contributed by atoms with Gasteiger partial charge in [0, 0.05) is 17.3 Å². The first kappa shape index (κ1) is 14.1. The number of aryl methyl sites for hydroxylation is 1. The lowest BCUT2D eigenvalue weighted by molar-refractivity contribution is -0.153. The Morgan fingerprint density at radius 3 is 2.90 bits per heavy atom. The largest absolute Gasteiger partial charge is 0.489 e. The lowest BCUT2D eigenvalue weighted by Crippen LogP contribution is -2.48. The van der Waals surface area contributed by atoms with Gasteiger partial charge in [-0.25, -0.2) is 0 Å². The van der Waals surface area contributed by atoms with Crippen LogP contribution in [-0.2, 0) is 4.74 Å². The molecule has 1 saturated heterocycles. The number of hydrogen-bond acceptors (Lipinski definition) is 3. The molecule has 1 atom stereocenters. The summed E-state index contributed by atoms with van der Waals surface area (Å²) >= 11 is 3.42. The smallest absolute Gasteiger partial charge is 0.153 e. The molecule has 0 bridgehead atoms. The van der Waals surface area contributed by atoms with Crippen molar-refractivity contribution in [1.82, 2.24) is 0 Å². The van der Waals surface area contributed by atoms with Gasteiger partial charge >= 0.3 is 0 Å². The number of benzene rings is 1. The third-order valence-corrected chi connectivity index (χ3v) is 4.85. The highest BCUT2D eigenvalue weighted by atomic mass is 79.9. The van der Waals surface area contributed by atoms with Gasteiger partial charge in [0.2, 0.25) is 0 Å². The number of ether oxygens (including phenoxy) is 2. The fraction of sp³-hybridized carbons (Fsp3) is 0.562. The van der Waals surface area contributed by atoms with Crippen LogP contribution in [0.25, 0.3) is 0 Å². The maximum Gasteiger partial charge on any atom is 0.153 e. The van der Waals surface area contributed by atoms with Crippen molar-refractivity contribution < 1.29 is 14.3 Å². The van der Waals surface area contributed by atoms with Crippen LogP contribution in [-0.4, -0.2) is 24.6 Å². The summed E-state index contributed by atoms with van der Waals surface area (Å²) in [7, 11) is 0. The van der Waals surface area contributed by atoms with E-state index in [4.69, 9.17) is 9.47 Å². The molecule has 0 aromatic heterocycles. The summed E-state index contributed by atoms with van der Waals surface area (Å²) in [5.74, 6) is 0.726. The average molecular weight is 339 g/mol. The molecule has 3 nitrogen and oxygen atoms in total. The van der Waals surface area contributed by atoms with Crippen molar-refractivity contribution >= 4 is 22.2 Å². The van der Waals surface area contributed by atoms with Crippen LogP contribution >= 0.6 is 15.9 Å². The molecule has 3 rings (SSSR count). The Bertz CT molecular complexity index is 523. The van der Waals surface area contributed by atoms with Crippen molar-refractivity contribution in [2.75, 3.05) is 6.61 Å². The van der Waals surface area contributed by atoms with Crippen molar-refractivity contribution in [1.29, 1.82) is 0 Å². The SMILES string of the molecule is Cc1cc(Br)cc(C=O)c1OC1CCOC2(CCC2)C1. The van der Waals surface area contributed by atoms with Crippen molar-refractivity contribution in [3.05, 3.63) is 27.7 Å². The highest BCUT2D eigenvalue weighted by molar-refractivity contribution is 9.10. The minimum Gasteiger partial charge on any atom is -0.489 e. The first-order chi connectivity index (χ1) is 9.62. The second kappa shape index (κ2) is 5.49. The quantitative estimate of drug-likeness (QED) is 0.780. The van der Waals surface area contributed by atoms with E-state index in [0.29, 0.717) is 5.56 Å². The molecule has 20 heavy (non-hydrogen) atoms. The lowest BCUT2D eigenvalue weighted by Gasteiger charge is -2.47. The molecule has 1 saturated carbocycles. The van der Waals surface area contributed by atoms with E-state index in [-0.39, 0.29) is 11.7 Å². The van der Waals surface area contributed by atoms with Gasteiger partial charge in [-0.05, 0) is 43.9 Å². The van der Waals surface area contributed by atoms with Crippen LogP contribution in [0.1, 0.15) is 48.0 Å². The van der Waals surface area contributed by atoms with E-state index in [1.165, 1.54) is 6.42 Å². The maximum atomic E-state index is 11.2. The van der Waals surface area contributed by atoms with E-state index in [1.54, 1.807) is 0 Å². The third kappa shape index (κ3) is 2.63. The van der Waals surface area contributed by atoms with E-state index in [1.807, 2.05) is 19.1 Å². The summed E-state index contributed by atoms with van der Waals surface area (Å²) in [4.78, 5) is 11.2. The van der Waals surface area contributed by atoms with E-state index < -0.39 is 0 Å². The number of rotatable bonds is 3. The summed E-state index contributed by atoms with van der Waals surface area (Å²) < 4.78 is 13.0. The Hall–Kier alpha value is -0.870. The van der Waals surface area contributed by atoms with Crippen LogP contribution in [0.3, 0.4) is 0 Å². The Labute approximate surface area is 127 Å². The summed E-state index contributed by atoms with van der Waals surface area (Å²) in [6.45, 7) is 2.74. The van der Waals surface area contributed by atoms with Gasteiger partial charge in [-0.15, -0.1) is 0 Å². The molecule has 1 spiro atoms. The van der Waals surface area contributed by atoms with Crippen molar-refractivity contribution in [2.45, 2.75) is 50.7 Å². The van der Waals surface area contributed by atoms with Gasteiger partial charge in [-0.3, -0.25) is 4.79 Å². The fourth-order valence-electron chi connectivity index (χ4n) is 3.17. The molecular formula is C16H19BrO3. The summed E-state index contributed by atoms with van der Waals surface area (Å²) in [5, 5.41) is 0. The van der Waals surface area contributed by atoms with E-state index >= 15 is 0 Å². The standard InChI is InChI=1S/C16H19BrO3/c1-11-7-13(17)8-12(10-18)15(11)20-14-3-6-19-16(9-14)4-2-5-16/h7-8,10,14H,2-6,9H2,1H3. The third-order valence-electron chi connectivity index (χ3n) is 4.39. The van der Waals surface area contributed by atoms with Crippen LogP contribution in [0.2, 0.25) is 0 Å². The van der Waals surface area contributed by atoms with Gasteiger partial charge < -0.3 is 9.47 Å². The molecule has 2 fully saturated rings. The maximum absolute atomic E-state index is 11.2. The van der Waals surface area contributed by atoms with Gasteiger partial charge in [0.1, 0.15) is 11.9 Å². The highest BCUT2D eigenvalue weighted by Crippen LogP contribution is 2.43. The normalized spacial score (nSPS) is 24.2. The molecule has 4 heteroatoms. The fourth-order valence-corrected chi connectivity index (χ4v) is 3.76. The van der Waals surface area contributed by atoms with Crippen LogP contribution < -0.4 is 4.74 Å². The Kier molecular flexibility index (Phi) is 3.87. The molecule has 2 aliphatic rings. The van der Waals surface area contributed by atoms with Crippen LogP contribution in [0.15, 0.2) is 16.6 Å². The first-order valence-corrected chi connectivity index (χ1v) is 7.97. The van der Waals surface area contributed by atoms with Crippen molar-refractivity contribution in [3.63, 3.8) is 0 Å². The number of hydrogen-bond donors (Lipinski definition) is 0. The van der Waals surface area contributed by atoms with E-state index in [9.17, 15) is 4.79 Å². The molecule has 1 unspecified atom stereocenters.